The Kier molecular flexibility index (Phi) is 13.2. The van der Waals surface area contributed by atoms with Gasteiger partial charge >= 0.3 is 6.09 Å². The van der Waals surface area contributed by atoms with Crippen molar-refractivity contribution in [3.63, 3.8) is 0 Å². The van der Waals surface area contributed by atoms with Crippen LogP contribution in [0.15, 0.2) is 23.3 Å². The van der Waals surface area contributed by atoms with Gasteiger partial charge in [-0.3, -0.25) is 4.99 Å². The lowest BCUT2D eigenvalue weighted by molar-refractivity contribution is 0.0279. The summed E-state index contributed by atoms with van der Waals surface area (Å²) in [6.45, 7) is 12.4. The average Bonchev–Trinajstić information content (AvgIpc) is 2.59. The van der Waals surface area contributed by atoms with Crippen LogP contribution < -0.4 is 10.6 Å². The summed E-state index contributed by atoms with van der Waals surface area (Å²) in [5.74, 6) is 0.963. The van der Waals surface area contributed by atoms with Crippen molar-refractivity contribution in [1.82, 2.24) is 20.5 Å². The Bertz CT molecular complexity index is 635. The lowest BCUT2D eigenvalue weighted by Crippen LogP contribution is -2.39. The molecule has 166 valence electrons. The summed E-state index contributed by atoms with van der Waals surface area (Å²) < 4.78 is 5.38. The van der Waals surface area contributed by atoms with Crippen LogP contribution in [0.1, 0.15) is 40.2 Å². The van der Waals surface area contributed by atoms with Gasteiger partial charge in [0.2, 0.25) is 0 Å². The predicted molar refractivity (Wildman–Crippen MR) is 130 cm³/mol. The second-order valence-corrected chi connectivity index (χ2v) is 8.24. The number of rotatable bonds is 8. The summed E-state index contributed by atoms with van der Waals surface area (Å²) in [6.07, 6.45) is 2.29. The summed E-state index contributed by atoms with van der Waals surface area (Å²) in [5.41, 5.74) is 0.620. The van der Waals surface area contributed by atoms with Gasteiger partial charge in [0.05, 0.1) is 0 Å². The number of aliphatic imine (C=N–C) groups is 1. The number of nitrogens with one attached hydrogen (secondary N) is 2. The topological polar surface area (TPSA) is 78.9 Å². The third-order valence-corrected chi connectivity index (χ3v) is 3.91. The zero-order valence-corrected chi connectivity index (χ0v) is 21.4. The summed E-state index contributed by atoms with van der Waals surface area (Å²) in [6, 6.07) is 3.76. The highest BCUT2D eigenvalue weighted by Crippen LogP contribution is 2.10. The highest BCUT2D eigenvalue weighted by atomic mass is 127. The normalized spacial score (nSPS) is 12.6. The number of nitrogens with zero attached hydrogens (tertiary/aromatic N) is 3. The van der Waals surface area contributed by atoms with Crippen LogP contribution in [-0.4, -0.2) is 60.8 Å². The first-order valence-corrected chi connectivity index (χ1v) is 10.0. The fourth-order valence-electron chi connectivity index (χ4n) is 2.41. The van der Waals surface area contributed by atoms with Crippen molar-refractivity contribution < 1.29 is 9.53 Å². The smallest absolute Gasteiger partial charge is 0.410 e. The number of carbonyl (C=O) groups is 1. The van der Waals surface area contributed by atoms with Crippen LogP contribution >= 0.6 is 35.6 Å². The number of amides is 1. The van der Waals surface area contributed by atoms with E-state index in [2.05, 4.69) is 27.5 Å². The van der Waals surface area contributed by atoms with Crippen LogP contribution in [0.2, 0.25) is 5.15 Å². The lowest BCUT2D eigenvalue weighted by Gasteiger charge is -2.26. The van der Waals surface area contributed by atoms with E-state index in [-0.39, 0.29) is 36.0 Å². The summed E-state index contributed by atoms with van der Waals surface area (Å²) in [4.78, 5) is 22.4. The molecule has 0 fully saturated rings. The van der Waals surface area contributed by atoms with E-state index < -0.39 is 5.60 Å². The monoisotopic (exact) mass is 539 g/mol. The standard InChI is InChI=1S/C20H34ClN5O2.HI/c1-7-22-18(23-11-10-16-8-9-17(21)24-13-16)25-12-15(2)14-26(6)19(27)28-20(3,4)5;/h8-9,13,15H,7,10-12,14H2,1-6H3,(H2,22,23,25);1H. The first kappa shape index (κ1) is 27.7. The van der Waals surface area contributed by atoms with E-state index in [0.29, 0.717) is 18.2 Å². The van der Waals surface area contributed by atoms with Gasteiger partial charge in [-0.1, -0.05) is 24.6 Å². The minimum Gasteiger partial charge on any atom is -0.444 e. The summed E-state index contributed by atoms with van der Waals surface area (Å²) in [7, 11) is 1.75. The number of guanidine groups is 1. The third kappa shape index (κ3) is 12.8. The van der Waals surface area contributed by atoms with E-state index in [9.17, 15) is 4.79 Å². The molecule has 2 N–H and O–H groups in total. The van der Waals surface area contributed by atoms with Crippen LogP contribution in [0.25, 0.3) is 0 Å². The third-order valence-electron chi connectivity index (χ3n) is 3.69. The van der Waals surface area contributed by atoms with Gasteiger partial charge < -0.3 is 20.3 Å². The summed E-state index contributed by atoms with van der Waals surface area (Å²) in [5, 5.41) is 7.05. The van der Waals surface area contributed by atoms with Gasteiger partial charge in [-0.2, -0.15) is 0 Å². The molecule has 0 bridgehead atoms. The molecule has 1 atom stereocenters. The van der Waals surface area contributed by atoms with E-state index in [1.807, 2.05) is 33.8 Å². The van der Waals surface area contributed by atoms with E-state index >= 15 is 0 Å². The molecule has 0 spiro atoms. The average molecular weight is 540 g/mol. The first-order valence-electron chi connectivity index (χ1n) is 9.67. The molecule has 1 heterocycles. The molecule has 0 aromatic carbocycles. The Morgan fingerprint density at radius 3 is 2.59 bits per heavy atom. The maximum Gasteiger partial charge on any atom is 0.410 e. The summed E-state index contributed by atoms with van der Waals surface area (Å²) >= 11 is 5.81. The second kappa shape index (κ2) is 13.8. The van der Waals surface area contributed by atoms with Gasteiger partial charge in [0.25, 0.3) is 0 Å². The van der Waals surface area contributed by atoms with Gasteiger partial charge in [0, 0.05) is 39.4 Å². The Morgan fingerprint density at radius 2 is 2.03 bits per heavy atom. The van der Waals surface area contributed by atoms with Gasteiger partial charge in [-0.25, -0.2) is 9.78 Å². The molecule has 0 saturated heterocycles. The first-order chi connectivity index (χ1) is 13.1. The molecule has 0 aliphatic rings. The van der Waals surface area contributed by atoms with Gasteiger partial charge in [-0.05, 0) is 51.7 Å². The SMILES string of the molecule is CCNC(=NCC(C)CN(C)C(=O)OC(C)(C)C)NCCc1ccc(Cl)nc1.I. The van der Waals surface area contributed by atoms with Crippen molar-refractivity contribution in [1.29, 1.82) is 0 Å². The molecule has 1 aromatic rings. The molecule has 1 rings (SSSR count). The number of carbonyl (C=O) groups excluding carboxylic acids is 1. The van der Waals surface area contributed by atoms with Gasteiger partial charge in [0.1, 0.15) is 10.8 Å². The van der Waals surface area contributed by atoms with E-state index in [1.54, 1.807) is 24.2 Å². The van der Waals surface area contributed by atoms with E-state index in [4.69, 9.17) is 16.3 Å². The zero-order valence-electron chi connectivity index (χ0n) is 18.3. The number of aromatic nitrogens is 1. The van der Waals surface area contributed by atoms with Crippen molar-refractivity contribution in [3.05, 3.63) is 29.0 Å². The highest BCUT2D eigenvalue weighted by molar-refractivity contribution is 14.0. The van der Waals surface area contributed by atoms with Crippen LogP contribution in [0, 0.1) is 5.92 Å². The molecule has 1 unspecified atom stereocenters. The molecule has 0 aliphatic carbocycles. The Morgan fingerprint density at radius 1 is 1.34 bits per heavy atom. The van der Waals surface area contributed by atoms with Crippen molar-refractivity contribution in [3.8, 4) is 0 Å². The van der Waals surface area contributed by atoms with Crippen LogP contribution in [0.4, 0.5) is 4.79 Å². The van der Waals surface area contributed by atoms with Crippen molar-refractivity contribution >= 4 is 47.6 Å². The van der Waals surface area contributed by atoms with Crippen LogP contribution in [-0.2, 0) is 11.2 Å². The maximum absolute atomic E-state index is 12.1. The quantitative estimate of drug-likeness (QED) is 0.226. The number of pyridine rings is 1. The van der Waals surface area contributed by atoms with E-state index in [0.717, 1.165) is 31.0 Å². The minimum atomic E-state index is -0.492. The van der Waals surface area contributed by atoms with E-state index in [1.165, 1.54) is 0 Å². The van der Waals surface area contributed by atoms with Crippen LogP contribution in [0.3, 0.4) is 0 Å². The number of hydrogen-bond acceptors (Lipinski definition) is 4. The van der Waals surface area contributed by atoms with Gasteiger partial charge in [-0.15, -0.1) is 24.0 Å². The molecule has 29 heavy (non-hydrogen) atoms. The minimum absolute atomic E-state index is 0. The molecule has 9 heteroatoms. The largest absolute Gasteiger partial charge is 0.444 e. The Balaban J connectivity index is 0.00000784. The molecule has 0 aliphatic heterocycles. The highest BCUT2D eigenvalue weighted by Gasteiger charge is 2.20. The number of ether oxygens (including phenoxy) is 1. The van der Waals surface area contributed by atoms with Crippen molar-refractivity contribution in [2.75, 3.05) is 33.2 Å². The Labute approximate surface area is 197 Å². The van der Waals surface area contributed by atoms with Crippen LogP contribution in [0.5, 0.6) is 0 Å². The van der Waals surface area contributed by atoms with Gasteiger partial charge in [0.15, 0.2) is 5.96 Å². The van der Waals surface area contributed by atoms with Crippen molar-refractivity contribution in [2.45, 2.75) is 46.6 Å². The molecular weight excluding hydrogens is 505 g/mol. The number of halogens is 2. The molecular formula is C20H35ClIN5O2. The second-order valence-electron chi connectivity index (χ2n) is 7.85. The molecule has 1 aromatic heterocycles. The fourth-order valence-corrected chi connectivity index (χ4v) is 2.52. The Hall–Kier alpha value is -1.29. The zero-order chi connectivity index (χ0) is 21.2. The lowest BCUT2D eigenvalue weighted by atomic mass is 10.2. The van der Waals surface area contributed by atoms with Crippen molar-refractivity contribution in [2.24, 2.45) is 10.9 Å². The number of hydrogen-bond donors (Lipinski definition) is 2. The molecule has 1 amide bonds. The molecule has 7 nitrogen and oxygen atoms in total. The maximum atomic E-state index is 12.1. The molecule has 0 saturated carbocycles. The predicted octanol–water partition coefficient (Wildman–Crippen LogP) is 3.95. The fraction of sp³-hybridized carbons (Fsp3) is 0.650. The molecule has 0 radical (unpaired) electrons.